The van der Waals surface area contributed by atoms with E-state index in [9.17, 15) is 14.5 Å². The van der Waals surface area contributed by atoms with Crippen LogP contribution in [0, 0.1) is 15.9 Å². The second kappa shape index (κ2) is 5.58. The third-order valence-corrected chi connectivity index (χ3v) is 2.62. The standard InChI is InChI=1S/C13H8ClFN2O2/c14-10-3-1-9(2-4-10)8-16-13-7-11(17(18)19)5-6-12(13)15/h1-8H. The molecule has 0 aliphatic carbocycles. The average molecular weight is 279 g/mol. The highest BCUT2D eigenvalue weighted by Gasteiger charge is 2.09. The van der Waals surface area contributed by atoms with Gasteiger partial charge in [0.05, 0.1) is 4.92 Å². The smallest absolute Gasteiger partial charge is 0.258 e. The number of halogens is 2. The molecule has 0 fully saturated rings. The minimum Gasteiger partial charge on any atom is -0.258 e. The van der Waals surface area contributed by atoms with E-state index in [0.29, 0.717) is 5.02 Å². The predicted molar refractivity (Wildman–Crippen MR) is 71.8 cm³/mol. The van der Waals surface area contributed by atoms with Crippen molar-refractivity contribution in [2.45, 2.75) is 0 Å². The van der Waals surface area contributed by atoms with Crippen LogP contribution in [0.25, 0.3) is 0 Å². The molecule has 0 atom stereocenters. The average Bonchev–Trinajstić information content (AvgIpc) is 2.39. The summed E-state index contributed by atoms with van der Waals surface area (Å²) in [7, 11) is 0. The number of nitro benzene ring substituents is 1. The van der Waals surface area contributed by atoms with Crippen molar-refractivity contribution in [3.63, 3.8) is 0 Å². The molecule has 0 aromatic heterocycles. The molecular weight excluding hydrogens is 271 g/mol. The molecule has 19 heavy (non-hydrogen) atoms. The number of hydrogen-bond donors (Lipinski definition) is 0. The van der Waals surface area contributed by atoms with Crippen LogP contribution < -0.4 is 0 Å². The van der Waals surface area contributed by atoms with Gasteiger partial charge in [0.15, 0.2) is 0 Å². The van der Waals surface area contributed by atoms with Crippen LogP contribution in [0.3, 0.4) is 0 Å². The van der Waals surface area contributed by atoms with E-state index in [1.807, 2.05) is 0 Å². The molecule has 2 aromatic rings. The molecule has 0 unspecified atom stereocenters. The number of hydrogen-bond acceptors (Lipinski definition) is 3. The van der Waals surface area contributed by atoms with Crippen molar-refractivity contribution in [3.05, 3.63) is 69.0 Å². The third kappa shape index (κ3) is 3.35. The van der Waals surface area contributed by atoms with Crippen LogP contribution in [0.4, 0.5) is 15.8 Å². The quantitative estimate of drug-likeness (QED) is 0.481. The maximum absolute atomic E-state index is 13.4. The summed E-state index contributed by atoms with van der Waals surface area (Å²) in [5, 5.41) is 11.2. The minimum absolute atomic E-state index is 0.0795. The van der Waals surface area contributed by atoms with Crippen molar-refractivity contribution in [2.24, 2.45) is 4.99 Å². The molecule has 0 heterocycles. The lowest BCUT2D eigenvalue weighted by atomic mass is 10.2. The van der Waals surface area contributed by atoms with Crippen molar-refractivity contribution in [1.82, 2.24) is 0 Å². The van der Waals surface area contributed by atoms with Gasteiger partial charge in [-0.2, -0.15) is 0 Å². The largest absolute Gasteiger partial charge is 0.271 e. The van der Waals surface area contributed by atoms with Crippen molar-refractivity contribution < 1.29 is 9.31 Å². The minimum atomic E-state index is -0.615. The lowest BCUT2D eigenvalue weighted by Crippen LogP contribution is -1.88. The van der Waals surface area contributed by atoms with Crippen molar-refractivity contribution in [3.8, 4) is 0 Å². The number of non-ortho nitro benzene ring substituents is 1. The molecule has 96 valence electrons. The van der Waals surface area contributed by atoms with E-state index >= 15 is 0 Å². The fourth-order valence-electron chi connectivity index (χ4n) is 1.41. The van der Waals surface area contributed by atoms with E-state index in [4.69, 9.17) is 11.6 Å². The Bertz CT molecular complexity index is 642. The third-order valence-electron chi connectivity index (χ3n) is 2.36. The van der Waals surface area contributed by atoms with Gasteiger partial charge in [-0.15, -0.1) is 0 Å². The number of nitrogens with zero attached hydrogens (tertiary/aromatic N) is 2. The maximum Gasteiger partial charge on any atom is 0.271 e. The Morgan fingerprint density at radius 2 is 1.89 bits per heavy atom. The Kier molecular flexibility index (Phi) is 3.87. The van der Waals surface area contributed by atoms with E-state index in [0.717, 1.165) is 23.8 Å². The molecule has 0 N–H and O–H groups in total. The van der Waals surface area contributed by atoms with E-state index in [1.165, 1.54) is 6.21 Å². The highest BCUT2D eigenvalue weighted by Crippen LogP contribution is 2.23. The molecule has 2 rings (SSSR count). The van der Waals surface area contributed by atoms with Crippen LogP contribution in [0.15, 0.2) is 47.5 Å². The zero-order valence-corrected chi connectivity index (χ0v) is 10.3. The summed E-state index contributed by atoms with van der Waals surface area (Å²) in [6, 6.07) is 9.96. The summed E-state index contributed by atoms with van der Waals surface area (Å²) in [5.41, 5.74) is 0.434. The topological polar surface area (TPSA) is 55.5 Å². The van der Waals surface area contributed by atoms with Gasteiger partial charge in [-0.25, -0.2) is 4.39 Å². The summed E-state index contributed by atoms with van der Waals surface area (Å²) in [6.07, 6.45) is 1.42. The van der Waals surface area contributed by atoms with Gasteiger partial charge in [0.2, 0.25) is 0 Å². The molecule has 6 heteroatoms. The lowest BCUT2D eigenvalue weighted by molar-refractivity contribution is -0.384. The second-order valence-corrected chi connectivity index (χ2v) is 4.14. The van der Waals surface area contributed by atoms with E-state index in [1.54, 1.807) is 24.3 Å². The zero-order chi connectivity index (χ0) is 13.8. The maximum atomic E-state index is 13.4. The fraction of sp³-hybridized carbons (Fsp3) is 0. The molecule has 2 aromatic carbocycles. The van der Waals surface area contributed by atoms with E-state index in [-0.39, 0.29) is 11.4 Å². The normalized spacial score (nSPS) is 10.8. The van der Waals surface area contributed by atoms with Crippen LogP contribution in [0.2, 0.25) is 5.02 Å². The number of aliphatic imine (C=N–C) groups is 1. The molecule has 0 amide bonds. The van der Waals surface area contributed by atoms with Crippen LogP contribution >= 0.6 is 11.6 Å². The molecule has 0 radical (unpaired) electrons. The van der Waals surface area contributed by atoms with Crippen LogP contribution in [-0.2, 0) is 0 Å². The van der Waals surface area contributed by atoms with Crippen molar-refractivity contribution in [1.29, 1.82) is 0 Å². The Balaban J connectivity index is 2.29. The van der Waals surface area contributed by atoms with Gasteiger partial charge in [-0.1, -0.05) is 23.7 Å². The molecule has 0 spiro atoms. The van der Waals surface area contributed by atoms with Gasteiger partial charge < -0.3 is 0 Å². The number of nitro groups is 1. The summed E-state index contributed by atoms with van der Waals surface area (Å²) < 4.78 is 13.4. The highest BCUT2D eigenvalue weighted by atomic mass is 35.5. The molecule has 0 aliphatic rings. The first-order chi connectivity index (χ1) is 9.06. The van der Waals surface area contributed by atoms with E-state index < -0.39 is 10.7 Å². The molecular formula is C13H8ClFN2O2. The first kappa shape index (κ1) is 13.2. The summed E-state index contributed by atoms with van der Waals surface area (Å²) in [5.74, 6) is -0.615. The fourth-order valence-corrected chi connectivity index (χ4v) is 1.53. The second-order valence-electron chi connectivity index (χ2n) is 3.70. The Hall–Kier alpha value is -2.27. The Morgan fingerprint density at radius 3 is 2.53 bits per heavy atom. The zero-order valence-electron chi connectivity index (χ0n) is 9.59. The van der Waals surface area contributed by atoms with Crippen LogP contribution in [-0.4, -0.2) is 11.1 Å². The van der Waals surface area contributed by atoms with Gasteiger partial charge in [0.25, 0.3) is 5.69 Å². The summed E-state index contributed by atoms with van der Waals surface area (Å²) in [6.45, 7) is 0. The summed E-state index contributed by atoms with van der Waals surface area (Å²) >= 11 is 5.73. The highest BCUT2D eigenvalue weighted by molar-refractivity contribution is 6.30. The predicted octanol–water partition coefficient (Wildman–Crippen LogP) is 4.14. The Morgan fingerprint density at radius 1 is 1.21 bits per heavy atom. The first-order valence-corrected chi connectivity index (χ1v) is 5.67. The van der Waals surface area contributed by atoms with Gasteiger partial charge in [-0.3, -0.25) is 15.1 Å². The molecule has 4 nitrogen and oxygen atoms in total. The van der Waals surface area contributed by atoms with Crippen molar-refractivity contribution in [2.75, 3.05) is 0 Å². The molecule has 0 bridgehead atoms. The molecule has 0 aliphatic heterocycles. The van der Waals surface area contributed by atoms with Gasteiger partial charge in [-0.05, 0) is 23.8 Å². The SMILES string of the molecule is O=[N+]([O-])c1ccc(F)c(N=Cc2ccc(Cl)cc2)c1. The van der Waals surface area contributed by atoms with Crippen LogP contribution in [0.1, 0.15) is 5.56 Å². The lowest BCUT2D eigenvalue weighted by Gasteiger charge is -1.97. The first-order valence-electron chi connectivity index (χ1n) is 5.30. The number of rotatable bonds is 3. The van der Waals surface area contributed by atoms with Crippen molar-refractivity contribution >= 4 is 29.2 Å². The van der Waals surface area contributed by atoms with Gasteiger partial charge in [0.1, 0.15) is 11.5 Å². The number of benzene rings is 2. The summed E-state index contributed by atoms with van der Waals surface area (Å²) in [4.78, 5) is 13.9. The van der Waals surface area contributed by atoms with Gasteiger partial charge >= 0.3 is 0 Å². The molecule has 0 saturated carbocycles. The Labute approximate surface area is 113 Å². The monoisotopic (exact) mass is 278 g/mol. The van der Waals surface area contributed by atoms with E-state index in [2.05, 4.69) is 4.99 Å². The van der Waals surface area contributed by atoms with Crippen LogP contribution in [0.5, 0.6) is 0 Å². The van der Waals surface area contributed by atoms with Gasteiger partial charge in [0, 0.05) is 23.4 Å². The molecule has 0 saturated heterocycles.